The van der Waals surface area contributed by atoms with Crippen molar-refractivity contribution in [3.8, 4) is 0 Å². The van der Waals surface area contributed by atoms with Crippen LogP contribution in [-0.4, -0.2) is 116 Å². The average Bonchev–Trinajstić information content (AvgIpc) is 2.86. The molecule has 0 aromatic heterocycles. The highest BCUT2D eigenvalue weighted by atomic mass is 16.8. The number of aliphatic hydroxyl groups excluding tert-OH is 1. The number of carboxylic acids is 1. The molecular weight excluding hydrogens is 508 g/mol. The molecule has 0 radical (unpaired) electrons. The predicted molar refractivity (Wildman–Crippen MR) is 127 cm³/mol. The van der Waals surface area contributed by atoms with Crippen LogP contribution < -0.4 is 0 Å². The van der Waals surface area contributed by atoms with Gasteiger partial charge in [-0.2, -0.15) is 0 Å². The summed E-state index contributed by atoms with van der Waals surface area (Å²) in [5, 5.41) is 31.3. The smallest absolute Gasteiger partial charge is 0.335 e. The fraction of sp³-hybridized carbons (Fsp3) is 0.680. The van der Waals surface area contributed by atoms with Gasteiger partial charge in [-0.1, -0.05) is 30.3 Å². The van der Waals surface area contributed by atoms with Crippen molar-refractivity contribution in [2.45, 2.75) is 81.4 Å². The number of ether oxygens (including phenoxy) is 8. The molecule has 10 atom stereocenters. The minimum Gasteiger partial charge on any atom is -0.479 e. The zero-order valence-corrected chi connectivity index (χ0v) is 21.9. The van der Waals surface area contributed by atoms with Crippen molar-refractivity contribution in [1.29, 1.82) is 0 Å². The van der Waals surface area contributed by atoms with Crippen LogP contribution in [0.5, 0.6) is 0 Å². The predicted octanol–water partition coefficient (Wildman–Crippen LogP) is -0.157. The van der Waals surface area contributed by atoms with Gasteiger partial charge < -0.3 is 53.2 Å². The van der Waals surface area contributed by atoms with Crippen LogP contribution in [0.15, 0.2) is 30.3 Å². The summed E-state index contributed by atoms with van der Waals surface area (Å²) in [5.41, 5.74) is 0.835. The van der Waals surface area contributed by atoms with E-state index < -0.39 is 72.8 Å². The highest BCUT2D eigenvalue weighted by Gasteiger charge is 2.57. The maximum Gasteiger partial charge on any atom is 0.335 e. The molecule has 2 aliphatic rings. The maximum atomic E-state index is 11.9. The Morgan fingerprint density at radius 2 is 1.68 bits per heavy atom. The minimum absolute atomic E-state index is 0.0598. The van der Waals surface area contributed by atoms with Gasteiger partial charge in [0.1, 0.15) is 36.6 Å². The summed E-state index contributed by atoms with van der Waals surface area (Å²) in [4.78, 5) is 23.7. The van der Waals surface area contributed by atoms with Crippen LogP contribution in [0.25, 0.3) is 0 Å². The van der Waals surface area contributed by atoms with E-state index in [2.05, 4.69) is 0 Å². The highest BCUT2D eigenvalue weighted by Crippen LogP contribution is 2.37. The topological polar surface area (TPSA) is 169 Å². The third-order valence-electron chi connectivity index (χ3n) is 6.41. The number of esters is 1. The quantitative estimate of drug-likeness (QED) is 0.315. The lowest BCUT2D eigenvalue weighted by atomic mass is 9.92. The molecule has 2 saturated heterocycles. The number of hydrogen-bond donors (Lipinski definition) is 3. The van der Waals surface area contributed by atoms with Gasteiger partial charge in [-0.3, -0.25) is 4.79 Å². The molecule has 2 heterocycles. The van der Waals surface area contributed by atoms with Gasteiger partial charge in [0.15, 0.2) is 24.3 Å². The summed E-state index contributed by atoms with van der Waals surface area (Å²) in [6.07, 6.45) is -11.7. The van der Waals surface area contributed by atoms with Crippen LogP contribution in [0.4, 0.5) is 0 Å². The fourth-order valence-corrected chi connectivity index (χ4v) is 4.74. The summed E-state index contributed by atoms with van der Waals surface area (Å²) >= 11 is 0. The number of carbonyl (C=O) groups excluding carboxylic acids is 1. The van der Waals surface area contributed by atoms with E-state index in [4.69, 9.17) is 37.9 Å². The zero-order valence-electron chi connectivity index (χ0n) is 21.9. The summed E-state index contributed by atoms with van der Waals surface area (Å²) in [5.74, 6) is -4.05. The van der Waals surface area contributed by atoms with E-state index in [0.29, 0.717) is 0 Å². The number of aliphatic carboxylic acids is 1. The number of methoxy groups -OCH3 is 3. The lowest BCUT2D eigenvalue weighted by Crippen LogP contribution is -2.68. The number of benzene rings is 1. The van der Waals surface area contributed by atoms with Crippen LogP contribution in [-0.2, 0) is 54.1 Å². The van der Waals surface area contributed by atoms with Crippen molar-refractivity contribution < 1.29 is 62.8 Å². The lowest BCUT2D eigenvalue weighted by molar-refractivity contribution is -0.385. The summed E-state index contributed by atoms with van der Waals surface area (Å²) < 4.78 is 45.3. The molecule has 0 unspecified atom stereocenters. The Labute approximate surface area is 220 Å². The average molecular weight is 545 g/mol. The van der Waals surface area contributed by atoms with Gasteiger partial charge in [-0.15, -0.1) is 0 Å². The van der Waals surface area contributed by atoms with Crippen molar-refractivity contribution in [1.82, 2.24) is 0 Å². The van der Waals surface area contributed by atoms with Crippen LogP contribution in [0.3, 0.4) is 0 Å². The molecular formula is C25H36O13. The van der Waals surface area contributed by atoms with Crippen molar-refractivity contribution in [2.24, 2.45) is 0 Å². The number of carbonyl (C=O) groups is 2. The maximum absolute atomic E-state index is 11.9. The van der Waals surface area contributed by atoms with E-state index >= 15 is 0 Å². The molecule has 3 rings (SSSR count). The fourth-order valence-electron chi connectivity index (χ4n) is 4.74. The molecule has 38 heavy (non-hydrogen) atoms. The van der Waals surface area contributed by atoms with E-state index in [0.717, 1.165) is 12.5 Å². The number of rotatable bonds is 11. The SMILES string of the molecule is COC[C@H]1O[C@@](C)(O)[C@H](OCc2ccccc2)[C@@H](OC)[C@@H]1O[C@@H]1O[C@@H](C(=O)O)[C@@H](O)[C@H](OC)[C@H]1OC(C)=O. The van der Waals surface area contributed by atoms with E-state index in [-0.39, 0.29) is 13.2 Å². The first-order valence-corrected chi connectivity index (χ1v) is 12.0. The van der Waals surface area contributed by atoms with Crippen molar-refractivity contribution >= 4 is 11.9 Å². The molecule has 3 N–H and O–H groups in total. The molecule has 1 aromatic carbocycles. The first kappa shape index (κ1) is 30.3. The Hall–Kier alpha value is -2.20. The molecule has 0 aliphatic carbocycles. The molecule has 214 valence electrons. The Morgan fingerprint density at radius 3 is 2.24 bits per heavy atom. The first-order valence-electron chi connectivity index (χ1n) is 12.0. The second kappa shape index (κ2) is 13.2. The standard InChI is InChI=1S/C25H36O13/c1-13(26)35-21-18(32-4)16(27)19(23(28)29)37-24(21)36-17-15(12-31-3)38-25(2,30)22(20(17)33-5)34-11-14-9-7-6-8-10-14/h6-10,15-22,24,27,30H,11-12H2,1-5H3,(H,28,29)/t15-,16+,17-,18+,19-,20+,21-,22-,24-,25-/m1/s1. The van der Waals surface area contributed by atoms with Gasteiger partial charge in [-0.25, -0.2) is 4.79 Å². The largest absolute Gasteiger partial charge is 0.479 e. The Morgan fingerprint density at radius 1 is 1.03 bits per heavy atom. The van der Waals surface area contributed by atoms with E-state index in [1.165, 1.54) is 28.3 Å². The molecule has 1 aromatic rings. The molecule has 0 spiro atoms. The highest BCUT2D eigenvalue weighted by molar-refractivity contribution is 5.73. The van der Waals surface area contributed by atoms with Crippen molar-refractivity contribution in [2.75, 3.05) is 27.9 Å². The molecule has 2 aliphatic heterocycles. The van der Waals surface area contributed by atoms with Gasteiger partial charge >= 0.3 is 11.9 Å². The van der Waals surface area contributed by atoms with Crippen molar-refractivity contribution in [3.05, 3.63) is 35.9 Å². The van der Waals surface area contributed by atoms with Crippen LogP contribution >= 0.6 is 0 Å². The third-order valence-corrected chi connectivity index (χ3v) is 6.41. The van der Waals surface area contributed by atoms with E-state index in [1.54, 1.807) is 0 Å². The molecule has 13 nitrogen and oxygen atoms in total. The Kier molecular flexibility index (Phi) is 10.6. The van der Waals surface area contributed by atoms with Gasteiger partial charge in [0.25, 0.3) is 0 Å². The molecule has 0 bridgehead atoms. The van der Waals surface area contributed by atoms with E-state index in [9.17, 15) is 24.9 Å². The molecule has 0 amide bonds. The van der Waals surface area contributed by atoms with Crippen LogP contribution in [0, 0.1) is 0 Å². The summed E-state index contributed by atoms with van der Waals surface area (Å²) in [6, 6.07) is 9.25. The normalized spacial score (nSPS) is 37.5. The second-order valence-corrected chi connectivity index (χ2v) is 9.21. The van der Waals surface area contributed by atoms with Gasteiger partial charge in [-0.05, 0) is 12.5 Å². The van der Waals surface area contributed by atoms with Crippen molar-refractivity contribution in [3.63, 3.8) is 0 Å². The molecule has 0 saturated carbocycles. The van der Waals surface area contributed by atoms with Gasteiger partial charge in [0.2, 0.25) is 0 Å². The van der Waals surface area contributed by atoms with Crippen LogP contribution in [0.1, 0.15) is 19.4 Å². The first-order chi connectivity index (χ1) is 18.0. The van der Waals surface area contributed by atoms with Crippen LogP contribution in [0.2, 0.25) is 0 Å². The number of hydrogen-bond acceptors (Lipinski definition) is 12. The Bertz CT molecular complexity index is 910. The van der Waals surface area contributed by atoms with Gasteiger partial charge in [0, 0.05) is 28.3 Å². The summed E-state index contributed by atoms with van der Waals surface area (Å²) in [6.45, 7) is 2.61. The zero-order chi connectivity index (χ0) is 28.0. The van der Waals surface area contributed by atoms with E-state index in [1.807, 2.05) is 30.3 Å². The molecule has 2 fully saturated rings. The minimum atomic E-state index is -1.84. The third kappa shape index (κ3) is 6.86. The number of carboxylic acid groups (broad SMARTS) is 1. The Balaban J connectivity index is 1.94. The monoisotopic (exact) mass is 544 g/mol. The second-order valence-electron chi connectivity index (χ2n) is 9.21. The van der Waals surface area contributed by atoms with Gasteiger partial charge in [0.05, 0.1) is 13.2 Å². The number of aliphatic hydroxyl groups is 2. The lowest BCUT2D eigenvalue weighted by Gasteiger charge is -2.50. The summed E-state index contributed by atoms with van der Waals surface area (Å²) in [7, 11) is 4.04. The molecule has 13 heteroatoms.